The van der Waals surface area contributed by atoms with Crippen molar-refractivity contribution in [3.63, 3.8) is 0 Å². The summed E-state index contributed by atoms with van der Waals surface area (Å²) in [6.07, 6.45) is 0. The van der Waals surface area contributed by atoms with Crippen molar-refractivity contribution in [3.8, 4) is 5.75 Å². The van der Waals surface area contributed by atoms with E-state index in [0.29, 0.717) is 10.2 Å². The first-order chi connectivity index (χ1) is 10.7. The third-order valence-electron chi connectivity index (χ3n) is 2.83. The number of sulfonamides is 1. The van der Waals surface area contributed by atoms with Gasteiger partial charge in [0.2, 0.25) is 0 Å². The molecular formula is C13H10BrClN2O5S. The number of anilines is 1. The molecule has 0 saturated carbocycles. The zero-order chi connectivity index (χ0) is 17.2. The summed E-state index contributed by atoms with van der Waals surface area (Å²) in [4.78, 5) is 9.84. The van der Waals surface area contributed by atoms with Gasteiger partial charge in [0.15, 0.2) is 4.90 Å². The zero-order valence-electron chi connectivity index (χ0n) is 11.6. The molecule has 1 N–H and O–H groups in total. The first-order valence-electron chi connectivity index (χ1n) is 6.05. The molecule has 0 spiro atoms. The highest BCUT2D eigenvalue weighted by atomic mass is 79.9. The van der Waals surface area contributed by atoms with Crippen LogP contribution in [0.15, 0.2) is 45.8 Å². The molecule has 0 atom stereocenters. The molecule has 0 heterocycles. The van der Waals surface area contributed by atoms with Crippen LogP contribution in [0, 0.1) is 10.1 Å². The van der Waals surface area contributed by atoms with Crippen LogP contribution in [0.4, 0.5) is 11.4 Å². The Morgan fingerprint density at radius 1 is 1.26 bits per heavy atom. The number of nitrogens with zero attached hydrogens (tertiary/aromatic N) is 1. The molecule has 0 saturated heterocycles. The van der Waals surface area contributed by atoms with Crippen molar-refractivity contribution < 1.29 is 18.1 Å². The second kappa shape index (κ2) is 6.73. The number of nitrogens with one attached hydrogen (secondary N) is 1. The van der Waals surface area contributed by atoms with Gasteiger partial charge >= 0.3 is 0 Å². The maximum absolute atomic E-state index is 12.4. The van der Waals surface area contributed by atoms with Gasteiger partial charge in [-0.25, -0.2) is 8.42 Å². The van der Waals surface area contributed by atoms with Crippen LogP contribution in [0.25, 0.3) is 0 Å². The lowest BCUT2D eigenvalue weighted by Crippen LogP contribution is -2.15. The number of methoxy groups -OCH3 is 1. The summed E-state index contributed by atoms with van der Waals surface area (Å²) in [7, 11) is -2.74. The minimum atomic E-state index is -4.19. The van der Waals surface area contributed by atoms with Crippen LogP contribution in [-0.2, 0) is 10.0 Å². The average molecular weight is 422 g/mol. The summed E-state index contributed by atoms with van der Waals surface area (Å²) in [6.45, 7) is 0. The van der Waals surface area contributed by atoms with Crippen LogP contribution in [0.3, 0.4) is 0 Å². The Kier molecular flexibility index (Phi) is 5.12. The minimum absolute atomic E-state index is 0.0877. The highest BCUT2D eigenvalue weighted by molar-refractivity contribution is 9.10. The summed E-state index contributed by atoms with van der Waals surface area (Å²) >= 11 is 9.05. The number of nitro benzene ring substituents is 1. The van der Waals surface area contributed by atoms with Gasteiger partial charge in [-0.1, -0.05) is 27.5 Å². The van der Waals surface area contributed by atoms with Gasteiger partial charge in [-0.05, 0) is 24.3 Å². The fraction of sp³-hybridized carbons (Fsp3) is 0.0769. The number of halogens is 2. The molecule has 7 nitrogen and oxygen atoms in total. The van der Waals surface area contributed by atoms with Crippen LogP contribution in [0.1, 0.15) is 0 Å². The summed E-state index contributed by atoms with van der Waals surface area (Å²) in [5.41, 5.74) is -0.457. The van der Waals surface area contributed by atoms with E-state index in [1.54, 1.807) is 0 Å². The third kappa shape index (κ3) is 3.92. The van der Waals surface area contributed by atoms with Crippen molar-refractivity contribution >= 4 is 48.9 Å². The lowest BCUT2D eigenvalue weighted by atomic mass is 10.3. The molecule has 0 aliphatic rings. The monoisotopic (exact) mass is 420 g/mol. The van der Waals surface area contributed by atoms with E-state index in [1.165, 1.54) is 31.4 Å². The smallest absolute Gasteiger partial charge is 0.291 e. The van der Waals surface area contributed by atoms with Crippen LogP contribution >= 0.6 is 27.5 Å². The van der Waals surface area contributed by atoms with Crippen LogP contribution in [-0.4, -0.2) is 20.5 Å². The molecule has 0 aliphatic heterocycles. The molecule has 0 bridgehead atoms. The van der Waals surface area contributed by atoms with E-state index in [2.05, 4.69) is 20.7 Å². The highest BCUT2D eigenvalue weighted by Crippen LogP contribution is 2.32. The Labute approximate surface area is 145 Å². The zero-order valence-corrected chi connectivity index (χ0v) is 14.8. The largest absolute Gasteiger partial charge is 0.497 e. The topological polar surface area (TPSA) is 98.5 Å². The van der Waals surface area contributed by atoms with Gasteiger partial charge in [0, 0.05) is 16.6 Å². The summed E-state index contributed by atoms with van der Waals surface area (Å²) in [6, 6.07) is 8.00. The molecule has 0 unspecified atom stereocenters. The van der Waals surface area contributed by atoms with Crippen molar-refractivity contribution in [2.45, 2.75) is 4.90 Å². The first-order valence-corrected chi connectivity index (χ1v) is 8.70. The van der Waals surface area contributed by atoms with Crippen molar-refractivity contribution in [1.82, 2.24) is 0 Å². The maximum atomic E-state index is 12.4. The molecule has 122 valence electrons. The first kappa shape index (κ1) is 17.5. The average Bonchev–Trinajstić information content (AvgIpc) is 2.48. The Bertz CT molecular complexity index is 873. The maximum Gasteiger partial charge on any atom is 0.291 e. The van der Waals surface area contributed by atoms with E-state index >= 15 is 0 Å². The van der Waals surface area contributed by atoms with Crippen molar-refractivity contribution in [2.24, 2.45) is 0 Å². The Morgan fingerprint density at radius 3 is 2.52 bits per heavy atom. The normalized spacial score (nSPS) is 11.1. The lowest BCUT2D eigenvalue weighted by Gasteiger charge is -2.11. The van der Waals surface area contributed by atoms with Crippen molar-refractivity contribution in [3.05, 3.63) is 56.0 Å². The molecule has 2 aromatic rings. The number of rotatable bonds is 5. The molecular weight excluding hydrogens is 412 g/mol. The Morgan fingerprint density at radius 2 is 1.96 bits per heavy atom. The molecule has 10 heteroatoms. The van der Waals surface area contributed by atoms with Gasteiger partial charge in [0.25, 0.3) is 15.7 Å². The SMILES string of the molecule is COc1ccc(NS(=O)(=O)c2ccc(Br)cc2[N+](=O)[O-])c(Cl)c1. The molecule has 0 radical (unpaired) electrons. The van der Waals surface area contributed by atoms with E-state index < -0.39 is 25.5 Å². The van der Waals surface area contributed by atoms with E-state index in [-0.39, 0.29) is 10.7 Å². The minimum Gasteiger partial charge on any atom is -0.497 e. The molecule has 0 aromatic heterocycles. The molecule has 0 fully saturated rings. The molecule has 0 amide bonds. The van der Waals surface area contributed by atoms with Gasteiger partial charge in [-0.15, -0.1) is 0 Å². The number of benzene rings is 2. The number of ether oxygens (including phenoxy) is 1. The van der Waals surface area contributed by atoms with Gasteiger partial charge in [-0.3, -0.25) is 14.8 Å². The quantitative estimate of drug-likeness (QED) is 0.584. The van der Waals surface area contributed by atoms with Crippen LogP contribution in [0.2, 0.25) is 5.02 Å². The van der Waals surface area contributed by atoms with Gasteiger partial charge in [-0.2, -0.15) is 0 Å². The van der Waals surface area contributed by atoms with E-state index in [1.807, 2.05) is 0 Å². The third-order valence-corrected chi connectivity index (χ3v) is 5.05. The van der Waals surface area contributed by atoms with E-state index in [4.69, 9.17) is 16.3 Å². The highest BCUT2D eigenvalue weighted by Gasteiger charge is 2.26. The van der Waals surface area contributed by atoms with Crippen molar-refractivity contribution in [2.75, 3.05) is 11.8 Å². The summed E-state index contributed by atoms with van der Waals surface area (Å²) < 4.78 is 32.4. The lowest BCUT2D eigenvalue weighted by molar-refractivity contribution is -0.387. The molecule has 23 heavy (non-hydrogen) atoms. The van der Waals surface area contributed by atoms with E-state index in [9.17, 15) is 18.5 Å². The summed E-state index contributed by atoms with van der Waals surface area (Å²) in [5.74, 6) is 0.451. The fourth-order valence-electron chi connectivity index (χ4n) is 1.77. The fourth-order valence-corrected chi connectivity index (χ4v) is 3.62. The molecule has 2 rings (SSSR count). The van der Waals surface area contributed by atoms with Gasteiger partial charge in [0.05, 0.1) is 22.7 Å². The predicted octanol–water partition coefficient (Wildman–Crippen LogP) is 3.82. The standard InChI is InChI=1S/C13H10BrClN2O5S/c1-22-9-3-4-11(10(15)7-9)16-23(20,21)13-5-2-8(14)6-12(13)17(18)19/h2-7,16H,1H3. The van der Waals surface area contributed by atoms with Crippen LogP contribution in [0.5, 0.6) is 5.75 Å². The number of hydrogen-bond acceptors (Lipinski definition) is 5. The van der Waals surface area contributed by atoms with E-state index in [0.717, 1.165) is 12.1 Å². The Hall–Kier alpha value is -1.84. The number of nitro groups is 1. The van der Waals surface area contributed by atoms with Crippen molar-refractivity contribution in [1.29, 1.82) is 0 Å². The van der Waals surface area contributed by atoms with Crippen LogP contribution < -0.4 is 9.46 Å². The predicted molar refractivity (Wildman–Crippen MR) is 89.6 cm³/mol. The number of hydrogen-bond donors (Lipinski definition) is 1. The second-order valence-corrected chi connectivity index (χ2v) is 7.29. The molecule has 2 aromatic carbocycles. The van der Waals surface area contributed by atoms with Gasteiger partial charge < -0.3 is 4.74 Å². The molecule has 0 aliphatic carbocycles. The van der Waals surface area contributed by atoms with Gasteiger partial charge in [0.1, 0.15) is 5.75 Å². The summed E-state index contributed by atoms with van der Waals surface area (Å²) in [5, 5.41) is 11.2. The second-order valence-electron chi connectivity index (χ2n) is 4.32. The Balaban J connectivity index is 2.46.